The average molecular weight is 323 g/mol. The third kappa shape index (κ3) is 3.62. The van der Waals surface area contributed by atoms with E-state index in [0.717, 1.165) is 17.7 Å². The molecule has 3 rings (SSSR count). The standard InChI is InChI=1S/C19H21N3O2/c1-2-14-5-7-17(8-6-14)22-13-16(10-18(22)23)19(24)21-12-15-4-3-9-20-11-15/h3-9,11,16H,2,10,12-13H2,1H3,(H,21,24)/t16-/m1/s1. The largest absolute Gasteiger partial charge is 0.352 e. The van der Waals surface area contributed by atoms with Crippen molar-refractivity contribution in [1.29, 1.82) is 0 Å². The summed E-state index contributed by atoms with van der Waals surface area (Å²) >= 11 is 0. The highest BCUT2D eigenvalue weighted by Crippen LogP contribution is 2.25. The minimum atomic E-state index is -0.306. The number of hydrogen-bond acceptors (Lipinski definition) is 3. The number of rotatable bonds is 5. The third-order valence-corrected chi connectivity index (χ3v) is 4.34. The molecule has 5 heteroatoms. The summed E-state index contributed by atoms with van der Waals surface area (Å²) in [6.45, 7) is 2.96. The summed E-state index contributed by atoms with van der Waals surface area (Å²) in [4.78, 5) is 30.3. The van der Waals surface area contributed by atoms with Crippen LogP contribution in [0.2, 0.25) is 0 Å². The number of carbonyl (C=O) groups is 2. The SMILES string of the molecule is CCc1ccc(N2C[C@H](C(=O)NCc3cccnc3)CC2=O)cc1. The second-order valence-electron chi connectivity index (χ2n) is 6.00. The molecule has 0 radical (unpaired) electrons. The molecule has 1 aromatic carbocycles. The zero-order chi connectivity index (χ0) is 16.9. The van der Waals surface area contributed by atoms with Crippen molar-refractivity contribution >= 4 is 17.5 Å². The lowest BCUT2D eigenvalue weighted by molar-refractivity contribution is -0.126. The van der Waals surface area contributed by atoms with Crippen LogP contribution in [0.25, 0.3) is 0 Å². The van der Waals surface area contributed by atoms with Crippen LogP contribution in [0.4, 0.5) is 5.69 Å². The maximum atomic E-state index is 12.3. The van der Waals surface area contributed by atoms with Crippen LogP contribution in [0.15, 0.2) is 48.8 Å². The van der Waals surface area contributed by atoms with E-state index in [0.29, 0.717) is 13.1 Å². The third-order valence-electron chi connectivity index (χ3n) is 4.34. The second-order valence-corrected chi connectivity index (χ2v) is 6.00. The van der Waals surface area contributed by atoms with Gasteiger partial charge in [-0.25, -0.2) is 0 Å². The number of aromatic nitrogens is 1. The van der Waals surface area contributed by atoms with Gasteiger partial charge in [0, 0.05) is 37.6 Å². The molecule has 1 atom stereocenters. The highest BCUT2D eigenvalue weighted by atomic mass is 16.2. The van der Waals surface area contributed by atoms with E-state index in [4.69, 9.17) is 0 Å². The van der Waals surface area contributed by atoms with Crippen LogP contribution in [0, 0.1) is 5.92 Å². The zero-order valence-electron chi connectivity index (χ0n) is 13.7. The van der Waals surface area contributed by atoms with Crippen molar-refractivity contribution in [2.24, 2.45) is 5.92 Å². The van der Waals surface area contributed by atoms with Crippen molar-refractivity contribution in [1.82, 2.24) is 10.3 Å². The number of hydrogen-bond donors (Lipinski definition) is 1. The van der Waals surface area contributed by atoms with Crippen molar-refractivity contribution in [2.75, 3.05) is 11.4 Å². The summed E-state index contributed by atoms with van der Waals surface area (Å²) in [6.07, 6.45) is 4.65. The van der Waals surface area contributed by atoms with Crippen LogP contribution in [0.3, 0.4) is 0 Å². The second kappa shape index (κ2) is 7.25. The molecule has 1 aliphatic rings. The molecule has 1 saturated heterocycles. The number of nitrogens with one attached hydrogen (secondary N) is 1. The van der Waals surface area contributed by atoms with Crippen molar-refractivity contribution in [3.05, 3.63) is 59.9 Å². The number of aryl methyl sites for hydroxylation is 1. The van der Waals surface area contributed by atoms with E-state index in [1.54, 1.807) is 17.3 Å². The predicted octanol–water partition coefficient (Wildman–Crippen LogP) is 2.31. The summed E-state index contributed by atoms with van der Waals surface area (Å²) in [5.74, 6) is -0.388. The number of carbonyl (C=O) groups excluding carboxylic acids is 2. The number of benzene rings is 1. The molecule has 0 bridgehead atoms. The summed E-state index contributed by atoms with van der Waals surface area (Å²) < 4.78 is 0. The van der Waals surface area contributed by atoms with E-state index in [9.17, 15) is 9.59 Å². The van der Waals surface area contributed by atoms with Gasteiger partial charge in [-0.1, -0.05) is 25.1 Å². The summed E-state index contributed by atoms with van der Waals surface area (Å²) in [7, 11) is 0. The van der Waals surface area contributed by atoms with Gasteiger partial charge in [-0.3, -0.25) is 14.6 Å². The van der Waals surface area contributed by atoms with Gasteiger partial charge in [0.25, 0.3) is 0 Å². The quantitative estimate of drug-likeness (QED) is 0.918. The maximum Gasteiger partial charge on any atom is 0.227 e. The molecule has 0 aliphatic carbocycles. The number of nitrogens with zero attached hydrogens (tertiary/aromatic N) is 2. The summed E-state index contributed by atoms with van der Waals surface area (Å²) in [6, 6.07) is 11.7. The molecule has 2 heterocycles. The van der Waals surface area contributed by atoms with E-state index < -0.39 is 0 Å². The Hall–Kier alpha value is -2.69. The summed E-state index contributed by atoms with van der Waals surface area (Å²) in [5.41, 5.74) is 3.04. The molecule has 2 aromatic rings. The minimum absolute atomic E-state index is 0.000719. The lowest BCUT2D eigenvalue weighted by Crippen LogP contribution is -2.32. The molecular weight excluding hydrogens is 302 g/mol. The van der Waals surface area contributed by atoms with Gasteiger partial charge in [-0.05, 0) is 35.7 Å². The number of pyridine rings is 1. The first-order valence-corrected chi connectivity index (χ1v) is 8.23. The Labute approximate surface area is 141 Å². The van der Waals surface area contributed by atoms with E-state index in [-0.39, 0.29) is 24.2 Å². The molecule has 5 nitrogen and oxygen atoms in total. The Kier molecular flexibility index (Phi) is 4.89. The predicted molar refractivity (Wildman–Crippen MR) is 92.4 cm³/mol. The van der Waals surface area contributed by atoms with Crippen LogP contribution in [-0.4, -0.2) is 23.3 Å². The monoisotopic (exact) mass is 323 g/mol. The molecule has 0 saturated carbocycles. The molecule has 2 amide bonds. The first-order chi connectivity index (χ1) is 11.7. The topological polar surface area (TPSA) is 62.3 Å². The lowest BCUT2D eigenvalue weighted by atomic mass is 10.1. The van der Waals surface area contributed by atoms with Gasteiger partial charge in [-0.15, -0.1) is 0 Å². The van der Waals surface area contributed by atoms with E-state index in [1.807, 2.05) is 36.4 Å². The minimum Gasteiger partial charge on any atom is -0.352 e. The summed E-state index contributed by atoms with van der Waals surface area (Å²) in [5, 5.41) is 2.89. The van der Waals surface area contributed by atoms with Crippen LogP contribution < -0.4 is 10.2 Å². The average Bonchev–Trinajstić information content (AvgIpc) is 3.02. The van der Waals surface area contributed by atoms with Crippen molar-refractivity contribution in [3.8, 4) is 0 Å². The van der Waals surface area contributed by atoms with Crippen molar-refractivity contribution in [2.45, 2.75) is 26.3 Å². The van der Waals surface area contributed by atoms with Gasteiger partial charge in [-0.2, -0.15) is 0 Å². The Morgan fingerprint density at radius 1 is 1.25 bits per heavy atom. The number of amides is 2. The van der Waals surface area contributed by atoms with Crippen LogP contribution in [0.5, 0.6) is 0 Å². The fraction of sp³-hybridized carbons (Fsp3) is 0.316. The molecular formula is C19H21N3O2. The Morgan fingerprint density at radius 2 is 2.04 bits per heavy atom. The van der Waals surface area contributed by atoms with Crippen molar-refractivity contribution in [3.63, 3.8) is 0 Å². The van der Waals surface area contributed by atoms with Crippen molar-refractivity contribution < 1.29 is 9.59 Å². The van der Waals surface area contributed by atoms with Gasteiger partial charge < -0.3 is 10.2 Å². The molecule has 1 aromatic heterocycles. The lowest BCUT2D eigenvalue weighted by Gasteiger charge is -2.17. The van der Waals surface area contributed by atoms with Gasteiger partial charge in [0.15, 0.2) is 0 Å². The van der Waals surface area contributed by atoms with E-state index in [1.165, 1.54) is 5.56 Å². The first kappa shape index (κ1) is 16.2. The smallest absolute Gasteiger partial charge is 0.227 e. The van der Waals surface area contributed by atoms with Crippen LogP contribution >= 0.6 is 0 Å². The molecule has 124 valence electrons. The fourth-order valence-corrected chi connectivity index (χ4v) is 2.88. The van der Waals surface area contributed by atoms with Gasteiger partial charge in [0.2, 0.25) is 11.8 Å². The van der Waals surface area contributed by atoms with E-state index in [2.05, 4.69) is 17.2 Å². The molecule has 1 fully saturated rings. The number of anilines is 1. The normalized spacial score (nSPS) is 17.1. The molecule has 0 spiro atoms. The van der Waals surface area contributed by atoms with Gasteiger partial charge in [0.05, 0.1) is 5.92 Å². The molecule has 0 unspecified atom stereocenters. The van der Waals surface area contributed by atoms with Gasteiger partial charge >= 0.3 is 0 Å². The first-order valence-electron chi connectivity index (χ1n) is 8.23. The zero-order valence-corrected chi connectivity index (χ0v) is 13.7. The molecule has 1 N–H and O–H groups in total. The van der Waals surface area contributed by atoms with E-state index >= 15 is 0 Å². The van der Waals surface area contributed by atoms with Crippen LogP contribution in [0.1, 0.15) is 24.5 Å². The Bertz CT molecular complexity index is 713. The molecule has 24 heavy (non-hydrogen) atoms. The highest BCUT2D eigenvalue weighted by molar-refractivity contribution is 6.00. The Balaban J connectivity index is 1.60. The van der Waals surface area contributed by atoms with Gasteiger partial charge in [0.1, 0.15) is 0 Å². The fourth-order valence-electron chi connectivity index (χ4n) is 2.88. The molecule has 1 aliphatic heterocycles. The maximum absolute atomic E-state index is 12.3. The van der Waals surface area contributed by atoms with Crippen LogP contribution in [-0.2, 0) is 22.6 Å². The highest BCUT2D eigenvalue weighted by Gasteiger charge is 2.34. The Morgan fingerprint density at radius 3 is 2.71 bits per heavy atom.